The van der Waals surface area contributed by atoms with E-state index >= 15 is 0 Å². The zero-order chi connectivity index (χ0) is 20.3. The van der Waals surface area contributed by atoms with Crippen molar-refractivity contribution in [3.05, 3.63) is 63.9 Å². The molecule has 1 aliphatic heterocycles. The molecule has 0 radical (unpaired) electrons. The van der Waals surface area contributed by atoms with E-state index in [4.69, 9.17) is 21.1 Å². The minimum atomic E-state index is -0.589. The molecule has 148 valence electrons. The Kier molecular flexibility index (Phi) is 6.21. The van der Waals surface area contributed by atoms with Gasteiger partial charge in [-0.1, -0.05) is 29.8 Å². The van der Waals surface area contributed by atoms with Crippen molar-refractivity contribution in [2.24, 2.45) is 0 Å². The first-order chi connectivity index (χ1) is 13.5. The number of halogens is 1. The number of esters is 1. The molecule has 1 unspecified atom stereocenters. The van der Waals surface area contributed by atoms with E-state index in [1.807, 2.05) is 32.0 Å². The minimum absolute atomic E-state index is 0.111. The van der Waals surface area contributed by atoms with E-state index in [0.29, 0.717) is 39.0 Å². The molecule has 28 heavy (non-hydrogen) atoms. The summed E-state index contributed by atoms with van der Waals surface area (Å²) < 4.78 is 11.2. The number of nitrogens with zero attached hydrogens (tertiary/aromatic N) is 1. The van der Waals surface area contributed by atoms with Gasteiger partial charge in [-0.05, 0) is 38.5 Å². The van der Waals surface area contributed by atoms with Crippen LogP contribution in [0, 0.1) is 0 Å². The third-order valence-electron chi connectivity index (χ3n) is 4.36. The fourth-order valence-electron chi connectivity index (χ4n) is 3.30. The molecule has 2 N–H and O–H groups in total. The molecule has 3 rings (SSSR count). The molecule has 1 aromatic carbocycles. The molecule has 1 aliphatic rings. The molecule has 0 saturated heterocycles. The van der Waals surface area contributed by atoms with Crippen LogP contribution in [0.3, 0.4) is 0 Å². The maximum Gasteiger partial charge on any atom is 0.336 e. The van der Waals surface area contributed by atoms with E-state index in [0.717, 1.165) is 0 Å². The largest absolute Gasteiger partial charge is 0.475 e. The molecule has 0 saturated carbocycles. The van der Waals surface area contributed by atoms with Crippen molar-refractivity contribution in [1.82, 2.24) is 4.98 Å². The zero-order valence-corrected chi connectivity index (χ0v) is 16.8. The average Bonchev–Trinajstić information content (AvgIpc) is 2.67. The maximum absolute atomic E-state index is 12.9. The summed E-state index contributed by atoms with van der Waals surface area (Å²) in [5.41, 5.74) is 2.77. The normalized spacial score (nSPS) is 15.9. The van der Waals surface area contributed by atoms with Gasteiger partial charge in [0, 0.05) is 16.9 Å². The predicted molar refractivity (Wildman–Crippen MR) is 108 cm³/mol. The van der Waals surface area contributed by atoms with Crippen LogP contribution in [0.5, 0.6) is 5.88 Å². The summed E-state index contributed by atoms with van der Waals surface area (Å²) >= 11 is 6.50. The number of aliphatic hydroxyl groups excluding tert-OH is 1. The fraction of sp³-hybridized carbons (Fsp3) is 0.333. The molecule has 0 bridgehead atoms. The van der Waals surface area contributed by atoms with Gasteiger partial charge in [-0.25, -0.2) is 9.78 Å². The van der Waals surface area contributed by atoms with Crippen molar-refractivity contribution in [3.8, 4) is 5.88 Å². The van der Waals surface area contributed by atoms with Gasteiger partial charge in [0.1, 0.15) is 0 Å². The molecule has 0 spiro atoms. The van der Waals surface area contributed by atoms with Crippen LogP contribution in [-0.2, 0) is 9.53 Å². The predicted octanol–water partition coefficient (Wildman–Crippen LogP) is 3.89. The number of anilines is 1. The first-order valence-electron chi connectivity index (χ1n) is 9.15. The Hall–Kier alpha value is -2.57. The second-order valence-corrected chi connectivity index (χ2v) is 7.00. The van der Waals surface area contributed by atoms with Crippen LogP contribution < -0.4 is 10.1 Å². The van der Waals surface area contributed by atoms with E-state index in [-0.39, 0.29) is 19.3 Å². The lowest BCUT2D eigenvalue weighted by atomic mass is 9.81. The molecule has 1 aromatic heterocycles. The Morgan fingerprint density at radius 3 is 2.71 bits per heavy atom. The van der Waals surface area contributed by atoms with Crippen LogP contribution in [0.1, 0.15) is 37.8 Å². The van der Waals surface area contributed by atoms with Crippen LogP contribution >= 0.6 is 11.6 Å². The molecule has 2 heterocycles. The highest BCUT2D eigenvalue weighted by Gasteiger charge is 2.38. The van der Waals surface area contributed by atoms with Crippen LogP contribution in [0.4, 0.5) is 5.69 Å². The molecular formula is C21H23ClN2O4. The number of carbonyl (C=O) groups is 1. The molecule has 0 aliphatic carbocycles. The van der Waals surface area contributed by atoms with Gasteiger partial charge in [0.05, 0.1) is 42.1 Å². The number of aromatic nitrogens is 1. The summed E-state index contributed by atoms with van der Waals surface area (Å²) in [5, 5.41) is 13.6. The Balaban J connectivity index is 2.29. The molecular weight excluding hydrogens is 380 g/mol. The summed E-state index contributed by atoms with van der Waals surface area (Å²) in [6.45, 7) is 5.41. The van der Waals surface area contributed by atoms with Crippen molar-refractivity contribution in [2.45, 2.75) is 32.8 Å². The Morgan fingerprint density at radius 1 is 1.32 bits per heavy atom. The lowest BCUT2D eigenvalue weighted by molar-refractivity contribution is -0.138. The second kappa shape index (κ2) is 8.63. The molecule has 7 heteroatoms. The van der Waals surface area contributed by atoms with E-state index in [9.17, 15) is 9.90 Å². The number of hydrogen-bond acceptors (Lipinski definition) is 6. The van der Waals surface area contributed by atoms with Gasteiger partial charge in [-0.15, -0.1) is 0 Å². The number of rotatable bonds is 6. The van der Waals surface area contributed by atoms with Gasteiger partial charge in [-0.2, -0.15) is 0 Å². The minimum Gasteiger partial charge on any atom is -0.475 e. The van der Waals surface area contributed by atoms with Gasteiger partial charge in [0.15, 0.2) is 0 Å². The monoisotopic (exact) mass is 402 g/mol. The summed E-state index contributed by atoms with van der Waals surface area (Å²) in [4.78, 5) is 17.3. The van der Waals surface area contributed by atoms with Gasteiger partial charge < -0.3 is 19.9 Å². The van der Waals surface area contributed by atoms with E-state index in [1.165, 1.54) is 0 Å². The van der Waals surface area contributed by atoms with E-state index < -0.39 is 11.9 Å². The Bertz CT molecular complexity index is 911. The lowest BCUT2D eigenvalue weighted by Gasteiger charge is -2.32. The number of benzene rings is 1. The molecule has 2 aromatic rings. The third-order valence-corrected chi connectivity index (χ3v) is 4.70. The second-order valence-electron chi connectivity index (χ2n) is 6.59. The van der Waals surface area contributed by atoms with Crippen LogP contribution in [-0.4, -0.2) is 35.4 Å². The van der Waals surface area contributed by atoms with Crippen molar-refractivity contribution < 1.29 is 19.4 Å². The number of ether oxygens (including phenoxy) is 2. The standard InChI is InChI=1S/C21H23ClN2O4/c1-4-27-21(26)19-16(11-25)24-15-9-10-23-20(28-12(2)3)18(15)17(19)13-7-5-6-8-14(13)22/h5-10,12,17,24-25H,4,11H2,1-3H3. The van der Waals surface area contributed by atoms with Crippen LogP contribution in [0.15, 0.2) is 47.8 Å². The van der Waals surface area contributed by atoms with Crippen LogP contribution in [0.25, 0.3) is 0 Å². The van der Waals surface area contributed by atoms with Gasteiger partial charge >= 0.3 is 5.97 Å². The Morgan fingerprint density at radius 2 is 2.07 bits per heavy atom. The third kappa shape index (κ3) is 3.84. The van der Waals surface area contributed by atoms with Crippen molar-refractivity contribution >= 4 is 23.3 Å². The fourth-order valence-corrected chi connectivity index (χ4v) is 3.55. The van der Waals surface area contributed by atoms with Gasteiger partial charge in [0.25, 0.3) is 0 Å². The quantitative estimate of drug-likeness (QED) is 0.713. The van der Waals surface area contributed by atoms with Crippen molar-refractivity contribution in [1.29, 1.82) is 0 Å². The molecule has 0 fully saturated rings. The van der Waals surface area contributed by atoms with Crippen LogP contribution in [0.2, 0.25) is 5.02 Å². The summed E-state index contributed by atoms with van der Waals surface area (Å²) in [7, 11) is 0. The summed E-state index contributed by atoms with van der Waals surface area (Å²) in [5.74, 6) is -0.703. The highest BCUT2D eigenvalue weighted by Crippen LogP contribution is 2.47. The van der Waals surface area contributed by atoms with Gasteiger partial charge in [-0.3, -0.25) is 0 Å². The number of fused-ring (bicyclic) bond motifs is 1. The number of hydrogen-bond donors (Lipinski definition) is 2. The highest BCUT2D eigenvalue weighted by atomic mass is 35.5. The number of aliphatic hydroxyl groups is 1. The molecule has 1 atom stereocenters. The van der Waals surface area contributed by atoms with Crippen molar-refractivity contribution in [3.63, 3.8) is 0 Å². The number of carbonyl (C=O) groups excluding carboxylic acids is 1. The average molecular weight is 403 g/mol. The smallest absolute Gasteiger partial charge is 0.336 e. The highest BCUT2D eigenvalue weighted by molar-refractivity contribution is 6.31. The van der Waals surface area contributed by atoms with E-state index in [2.05, 4.69) is 10.3 Å². The lowest BCUT2D eigenvalue weighted by Crippen LogP contribution is -2.28. The number of pyridine rings is 1. The summed E-state index contributed by atoms with van der Waals surface area (Å²) in [6.07, 6.45) is 1.51. The van der Waals surface area contributed by atoms with E-state index in [1.54, 1.807) is 25.3 Å². The topological polar surface area (TPSA) is 80.7 Å². The first-order valence-corrected chi connectivity index (χ1v) is 9.53. The number of nitrogens with one attached hydrogen (secondary N) is 1. The summed E-state index contributed by atoms with van der Waals surface area (Å²) in [6, 6.07) is 9.07. The zero-order valence-electron chi connectivity index (χ0n) is 16.0. The van der Waals surface area contributed by atoms with Crippen molar-refractivity contribution in [2.75, 3.05) is 18.5 Å². The SMILES string of the molecule is CCOC(=O)C1=C(CO)Nc2ccnc(OC(C)C)c2C1c1ccccc1Cl. The maximum atomic E-state index is 12.9. The molecule has 0 amide bonds. The first kappa shape index (κ1) is 20.2. The Labute approximate surface area is 169 Å². The molecule has 6 nitrogen and oxygen atoms in total. The van der Waals surface area contributed by atoms with Gasteiger partial charge in [0.2, 0.25) is 5.88 Å².